The van der Waals surface area contributed by atoms with E-state index in [1.807, 2.05) is 115 Å². The molecule has 4 aromatic rings. The second-order valence-electron chi connectivity index (χ2n) is 6.80. The summed E-state index contributed by atoms with van der Waals surface area (Å²) >= 11 is 6.11. The fourth-order valence-corrected chi connectivity index (χ4v) is 5.97. The van der Waals surface area contributed by atoms with E-state index in [1.54, 1.807) is 0 Å². The molecule has 0 aliphatic heterocycles. The molecule has 2 nitrogen and oxygen atoms in total. The third-order valence-electron chi connectivity index (χ3n) is 4.89. The fourth-order valence-electron chi connectivity index (χ4n) is 3.40. The van der Waals surface area contributed by atoms with E-state index in [1.165, 1.54) is 0 Å². The normalized spacial score (nSPS) is 12.4. The van der Waals surface area contributed by atoms with Crippen LogP contribution in [0.15, 0.2) is 115 Å². The summed E-state index contributed by atoms with van der Waals surface area (Å²) in [4.78, 5) is 0. The lowest BCUT2D eigenvalue weighted by Gasteiger charge is -2.28. The Kier molecular flexibility index (Phi) is 5.97. The highest BCUT2D eigenvalue weighted by molar-refractivity contribution is 7.76. The Bertz CT molecular complexity index is 1060. The quantitative estimate of drug-likeness (QED) is 0.393. The van der Waals surface area contributed by atoms with E-state index in [0.29, 0.717) is 5.02 Å². The second-order valence-corrected chi connectivity index (χ2v) is 9.75. The molecule has 0 saturated heterocycles. The molecule has 0 spiro atoms. The van der Waals surface area contributed by atoms with Crippen LogP contribution in [-0.2, 0) is 4.57 Å². The third-order valence-corrected chi connectivity index (χ3v) is 7.81. The van der Waals surface area contributed by atoms with Crippen LogP contribution in [0.4, 0.5) is 0 Å². The van der Waals surface area contributed by atoms with Crippen molar-refractivity contribution in [1.82, 2.24) is 5.09 Å². The van der Waals surface area contributed by atoms with Gasteiger partial charge in [0.1, 0.15) is 0 Å². The van der Waals surface area contributed by atoms with E-state index >= 15 is 0 Å². The molecule has 4 rings (SSSR count). The van der Waals surface area contributed by atoms with Crippen molar-refractivity contribution in [3.63, 3.8) is 0 Å². The number of hydrogen-bond acceptors (Lipinski definition) is 1. The standard InChI is InChI=1S/C25H21ClNOP/c26-22-18-16-21(17-19-22)25(20-10-4-1-5-11-20)27-29(28,23-12-6-2-7-13-23)24-14-8-3-9-15-24/h1-19,25H,(H,27,28)/t25-/m1/s1. The number of hydrogen-bond donors (Lipinski definition) is 1. The molecule has 0 aliphatic carbocycles. The van der Waals surface area contributed by atoms with E-state index < -0.39 is 7.29 Å². The lowest BCUT2D eigenvalue weighted by Crippen LogP contribution is -2.31. The van der Waals surface area contributed by atoms with E-state index in [-0.39, 0.29) is 6.04 Å². The monoisotopic (exact) mass is 417 g/mol. The first-order chi connectivity index (χ1) is 14.2. The molecule has 0 bridgehead atoms. The molecule has 4 aromatic carbocycles. The van der Waals surface area contributed by atoms with Gasteiger partial charge >= 0.3 is 0 Å². The third kappa shape index (κ3) is 4.36. The lowest BCUT2D eigenvalue weighted by atomic mass is 10.00. The molecule has 0 fully saturated rings. The summed E-state index contributed by atoms with van der Waals surface area (Å²) in [6, 6.07) is 36.8. The van der Waals surface area contributed by atoms with Crippen LogP contribution in [0.3, 0.4) is 0 Å². The summed E-state index contributed by atoms with van der Waals surface area (Å²) in [6.45, 7) is 0. The van der Waals surface area contributed by atoms with Crippen LogP contribution >= 0.6 is 18.9 Å². The highest BCUT2D eigenvalue weighted by Gasteiger charge is 2.31. The minimum absolute atomic E-state index is 0.250. The Morgan fingerprint density at radius 2 is 1.00 bits per heavy atom. The van der Waals surface area contributed by atoms with Crippen molar-refractivity contribution in [2.75, 3.05) is 0 Å². The first kappa shape index (κ1) is 19.7. The molecular formula is C25H21ClNOP. The maximum absolute atomic E-state index is 14.5. The molecule has 29 heavy (non-hydrogen) atoms. The first-order valence-corrected chi connectivity index (χ1v) is 11.5. The second kappa shape index (κ2) is 8.80. The van der Waals surface area contributed by atoms with Crippen LogP contribution in [0.5, 0.6) is 0 Å². The molecule has 4 heteroatoms. The summed E-state index contributed by atoms with van der Waals surface area (Å²) in [5.41, 5.74) is 2.05. The molecule has 1 N–H and O–H groups in total. The van der Waals surface area contributed by atoms with Crippen molar-refractivity contribution in [3.8, 4) is 0 Å². The van der Waals surface area contributed by atoms with E-state index in [2.05, 4.69) is 5.09 Å². The number of halogens is 1. The summed E-state index contributed by atoms with van der Waals surface area (Å²) in [5, 5.41) is 5.76. The largest absolute Gasteiger partial charge is 0.296 e. The molecule has 0 amide bonds. The zero-order valence-electron chi connectivity index (χ0n) is 15.8. The van der Waals surface area contributed by atoms with Crippen LogP contribution < -0.4 is 15.7 Å². The maximum Gasteiger partial charge on any atom is 0.205 e. The van der Waals surface area contributed by atoms with Crippen LogP contribution in [0.1, 0.15) is 17.2 Å². The van der Waals surface area contributed by atoms with Crippen LogP contribution in [0.2, 0.25) is 5.02 Å². The average molecular weight is 418 g/mol. The number of nitrogens with one attached hydrogen (secondary N) is 1. The Balaban J connectivity index is 1.85. The lowest BCUT2D eigenvalue weighted by molar-refractivity contribution is 0.572. The highest BCUT2D eigenvalue weighted by atomic mass is 35.5. The van der Waals surface area contributed by atoms with Crippen molar-refractivity contribution in [3.05, 3.63) is 131 Å². The molecule has 0 radical (unpaired) electrons. The first-order valence-electron chi connectivity index (χ1n) is 9.46. The van der Waals surface area contributed by atoms with Crippen LogP contribution in [0, 0.1) is 0 Å². The smallest absolute Gasteiger partial charge is 0.205 e. The Labute approximate surface area is 176 Å². The average Bonchev–Trinajstić information content (AvgIpc) is 2.80. The molecule has 1 atom stereocenters. The fraction of sp³-hybridized carbons (Fsp3) is 0.0400. The van der Waals surface area contributed by atoms with Crippen LogP contribution in [0.25, 0.3) is 0 Å². The minimum atomic E-state index is -3.11. The van der Waals surface area contributed by atoms with Crippen LogP contribution in [-0.4, -0.2) is 0 Å². The summed E-state index contributed by atoms with van der Waals surface area (Å²) < 4.78 is 14.5. The van der Waals surface area contributed by atoms with Gasteiger partial charge in [-0.05, 0) is 47.5 Å². The zero-order chi connectivity index (χ0) is 20.1. The highest BCUT2D eigenvalue weighted by Crippen LogP contribution is 2.43. The van der Waals surface area contributed by atoms with Gasteiger partial charge in [0.2, 0.25) is 7.29 Å². The van der Waals surface area contributed by atoms with E-state index in [9.17, 15) is 4.57 Å². The van der Waals surface area contributed by atoms with Gasteiger partial charge in [-0.2, -0.15) is 0 Å². The van der Waals surface area contributed by atoms with Gasteiger partial charge in [-0.1, -0.05) is 90.5 Å². The van der Waals surface area contributed by atoms with Crippen molar-refractivity contribution in [2.45, 2.75) is 6.04 Å². The molecule has 144 valence electrons. The van der Waals surface area contributed by atoms with Crippen molar-refractivity contribution in [1.29, 1.82) is 0 Å². The van der Waals surface area contributed by atoms with Crippen molar-refractivity contribution < 1.29 is 4.57 Å². The van der Waals surface area contributed by atoms with E-state index in [0.717, 1.165) is 21.7 Å². The topological polar surface area (TPSA) is 29.1 Å². The van der Waals surface area contributed by atoms with Gasteiger partial charge in [0, 0.05) is 15.6 Å². The molecule has 0 unspecified atom stereocenters. The predicted octanol–water partition coefficient (Wildman–Crippen LogP) is 5.95. The minimum Gasteiger partial charge on any atom is -0.296 e. The molecule has 0 aliphatic rings. The Morgan fingerprint density at radius 3 is 1.48 bits per heavy atom. The van der Waals surface area contributed by atoms with Gasteiger partial charge in [-0.25, -0.2) is 5.09 Å². The maximum atomic E-state index is 14.5. The molecule has 0 aromatic heterocycles. The Morgan fingerprint density at radius 1 is 0.586 bits per heavy atom. The molecule has 0 heterocycles. The summed E-state index contributed by atoms with van der Waals surface area (Å²) in [7, 11) is -3.11. The van der Waals surface area contributed by atoms with Crippen molar-refractivity contribution >= 4 is 29.5 Å². The van der Waals surface area contributed by atoms with Gasteiger partial charge in [0.05, 0.1) is 6.04 Å². The van der Waals surface area contributed by atoms with Crippen molar-refractivity contribution in [2.24, 2.45) is 0 Å². The summed E-state index contributed by atoms with van der Waals surface area (Å²) in [6.07, 6.45) is 0. The SMILES string of the molecule is O=P(N[C@H](c1ccccc1)c1ccc(Cl)cc1)(c1ccccc1)c1ccccc1. The van der Waals surface area contributed by atoms with Gasteiger partial charge < -0.3 is 0 Å². The summed E-state index contributed by atoms with van der Waals surface area (Å²) in [5.74, 6) is 0. The van der Waals surface area contributed by atoms with Gasteiger partial charge in [0.25, 0.3) is 0 Å². The Hall–Kier alpha value is -2.64. The van der Waals surface area contributed by atoms with Gasteiger partial charge in [-0.3, -0.25) is 4.57 Å². The predicted molar refractivity (Wildman–Crippen MR) is 123 cm³/mol. The molecular weight excluding hydrogens is 397 g/mol. The van der Waals surface area contributed by atoms with Gasteiger partial charge in [0.15, 0.2) is 0 Å². The number of benzene rings is 4. The van der Waals surface area contributed by atoms with Gasteiger partial charge in [-0.15, -0.1) is 0 Å². The number of rotatable bonds is 6. The zero-order valence-corrected chi connectivity index (χ0v) is 17.4. The molecule has 0 saturated carbocycles. The van der Waals surface area contributed by atoms with E-state index in [4.69, 9.17) is 11.6 Å².